The number of ketones is 2. The third kappa shape index (κ3) is 15.0. The lowest BCUT2D eigenvalue weighted by Gasteiger charge is -2.18. The van der Waals surface area contributed by atoms with E-state index in [4.69, 9.17) is 33.7 Å². The number of hydrogen-bond donors (Lipinski definition) is 5. The number of carbonyl (C=O) groups excluding carboxylic acids is 7. The first-order valence-corrected chi connectivity index (χ1v) is 27.8. The first-order chi connectivity index (χ1) is 40.3. The van der Waals surface area contributed by atoms with Crippen LogP contribution in [-0.4, -0.2) is 108 Å². The maximum atomic E-state index is 14.7. The zero-order valence-electron chi connectivity index (χ0n) is 49.0. The maximum absolute atomic E-state index is 14.7. The highest BCUT2D eigenvalue weighted by Crippen LogP contribution is 2.43. The molecule has 2 aliphatic heterocycles. The predicted octanol–water partition coefficient (Wildman–Crippen LogP) is 10.5. The minimum atomic E-state index is -0.591. The number of H-pyrrole nitrogens is 2. The third-order valence-corrected chi connectivity index (χ3v) is 15.0. The Labute approximate surface area is 487 Å². The molecule has 5 heterocycles. The zero-order chi connectivity index (χ0) is 60.8. The Kier molecular flexibility index (Phi) is 21.1. The summed E-state index contributed by atoms with van der Waals surface area (Å²) in [6.07, 6.45) is 8.40. The summed E-state index contributed by atoms with van der Waals surface area (Å²) in [7, 11) is 5.45. The molecule has 0 spiro atoms. The monoisotopic (exact) mass is 1140 g/mol. The molecule has 2 unspecified atom stereocenters. The number of aromatic hydroxyl groups is 1. The predicted molar refractivity (Wildman–Crippen MR) is 321 cm³/mol. The van der Waals surface area contributed by atoms with Gasteiger partial charge in [0.1, 0.15) is 0 Å². The van der Waals surface area contributed by atoms with Gasteiger partial charge in [0.25, 0.3) is 5.91 Å². The number of fused-ring (bicyclic) bond motifs is 8. The van der Waals surface area contributed by atoms with Crippen molar-refractivity contribution in [2.75, 3.05) is 41.5 Å². The van der Waals surface area contributed by atoms with Gasteiger partial charge >= 0.3 is 17.9 Å². The number of hydrogen-bond acceptors (Lipinski definition) is 15. The molecule has 19 nitrogen and oxygen atoms in total. The molecule has 0 saturated carbocycles. The summed E-state index contributed by atoms with van der Waals surface area (Å²) < 4.78 is 26.4. The summed E-state index contributed by atoms with van der Waals surface area (Å²) >= 11 is 0. The van der Waals surface area contributed by atoms with Crippen molar-refractivity contribution in [2.45, 2.75) is 104 Å². The number of carbonyl (C=O) groups is 7. The lowest BCUT2D eigenvalue weighted by molar-refractivity contribution is -0.141. The summed E-state index contributed by atoms with van der Waals surface area (Å²) in [5, 5.41) is 15.7. The normalized spacial score (nSPS) is 13.9. The molecule has 19 heteroatoms. The van der Waals surface area contributed by atoms with Gasteiger partial charge in [-0.1, -0.05) is 50.8 Å². The van der Waals surface area contributed by atoms with Crippen molar-refractivity contribution in [2.24, 2.45) is 0 Å². The van der Waals surface area contributed by atoms with Crippen molar-refractivity contribution in [3.8, 4) is 23.0 Å². The van der Waals surface area contributed by atoms with Gasteiger partial charge in [-0.2, -0.15) is 0 Å². The minimum absolute atomic E-state index is 0.0305. The number of rotatable bonds is 25. The number of aromatic amines is 2. The summed E-state index contributed by atoms with van der Waals surface area (Å²) in [5.41, 5.74) is 11.8. The van der Waals surface area contributed by atoms with Crippen molar-refractivity contribution in [3.63, 3.8) is 0 Å². The number of aromatic nitrogens is 4. The van der Waals surface area contributed by atoms with Gasteiger partial charge in [-0.25, -0.2) is 4.98 Å². The average Bonchev–Trinajstić information content (AvgIpc) is 4.30. The van der Waals surface area contributed by atoms with E-state index in [1.165, 1.54) is 64.9 Å². The molecule has 440 valence electrons. The second-order valence-electron chi connectivity index (χ2n) is 20.4. The van der Waals surface area contributed by atoms with E-state index in [2.05, 4.69) is 34.1 Å². The van der Waals surface area contributed by atoms with Crippen molar-refractivity contribution in [1.29, 1.82) is 0 Å². The molecule has 0 aliphatic carbocycles. The molecule has 2 amide bonds. The van der Waals surface area contributed by atoms with Crippen molar-refractivity contribution < 1.29 is 62.4 Å². The van der Waals surface area contributed by atoms with Gasteiger partial charge in [-0.15, -0.1) is 0 Å². The van der Waals surface area contributed by atoms with Gasteiger partial charge in [0, 0.05) is 77.6 Å². The van der Waals surface area contributed by atoms with Crippen molar-refractivity contribution >= 4 is 92.7 Å². The number of aryl methyl sites for hydroxylation is 2. The molecule has 0 radical (unpaired) electrons. The third-order valence-electron chi connectivity index (χ3n) is 15.0. The molecule has 2 aromatic carbocycles. The highest BCUT2D eigenvalue weighted by atomic mass is 16.6. The van der Waals surface area contributed by atoms with Crippen LogP contribution in [-0.2, 0) is 44.7 Å². The SMILES string of the molecule is C=Cc1c(C)c2cc3nc(c(CC(=O)OC)c4[nH]c(cc5nc(cc1[nH]2)C(C)=C5CC)c(C)c4C(=O)NCCCNC(=O)CCCC(=O)Oc1ccc(/C=C/C(=O)CC(=O)/C=C/c2ccc(O)c(OC)c2)cc1OC)C(CCC(=O)OC)C3C. The molecule has 2 atom stereocenters. The molecule has 0 fully saturated rings. The topological polar surface area (TPSA) is 267 Å². The van der Waals surface area contributed by atoms with Gasteiger partial charge < -0.3 is 49.4 Å². The van der Waals surface area contributed by atoms with E-state index < -0.39 is 35.4 Å². The molecule has 5 N–H and O–H groups in total. The van der Waals surface area contributed by atoms with Crippen LogP contribution in [0.2, 0.25) is 0 Å². The highest BCUT2D eigenvalue weighted by Gasteiger charge is 2.34. The number of nitrogens with one attached hydrogen (secondary N) is 4. The van der Waals surface area contributed by atoms with Gasteiger partial charge in [-0.05, 0) is 134 Å². The molecule has 8 bridgehead atoms. The standard InChI is InChI=1S/C65H72N6O13/c1-11-44-36(3)48-33-50-38(5)46(23-26-59(76)82-9)63(70-50)47(32-61(78)83-10)64-62(39(6)51(71-64)35-53-45(12-2)37(4)49(69-53)34-52(44)68-48)65(79)67-28-14-27-66-58(75)15-13-16-60(77)84-55-25-20-41(30-57(55)81-8)18-22-43(73)31-42(72)21-17-40-19-24-54(74)56(29-40)80-7/h11,17-22,24-25,29-30,33-35,38,46,68,71,74H,1,12-16,23,26-28,31-32H2,2-10H3,(H,66,75)(H,67,79)/b21-17+,22-18+,48-33?,49-34?,50-33?,51-35?,52-34?,53-35?,63-47?,64-47?. The van der Waals surface area contributed by atoms with E-state index in [0.29, 0.717) is 69.6 Å². The van der Waals surface area contributed by atoms with Gasteiger partial charge in [0.05, 0.1) is 69.4 Å². The van der Waals surface area contributed by atoms with E-state index in [-0.39, 0.29) is 97.9 Å². The fraction of sp³-hybridized carbons (Fsp3) is 0.338. The van der Waals surface area contributed by atoms with Crippen LogP contribution in [0.3, 0.4) is 0 Å². The Morgan fingerprint density at radius 3 is 2.02 bits per heavy atom. The van der Waals surface area contributed by atoms with E-state index in [1.54, 1.807) is 24.3 Å². The fourth-order valence-corrected chi connectivity index (χ4v) is 10.3. The highest BCUT2D eigenvalue weighted by molar-refractivity contribution is 6.11. The first-order valence-electron chi connectivity index (χ1n) is 27.8. The van der Waals surface area contributed by atoms with Crippen LogP contribution >= 0.6 is 0 Å². The van der Waals surface area contributed by atoms with Crippen LogP contribution in [0.25, 0.3) is 51.4 Å². The molecule has 5 aromatic rings. The van der Waals surface area contributed by atoms with E-state index >= 15 is 0 Å². The minimum Gasteiger partial charge on any atom is -0.504 e. The molecule has 0 saturated heterocycles. The van der Waals surface area contributed by atoms with Gasteiger partial charge in [-0.3, -0.25) is 38.5 Å². The Balaban J connectivity index is 1.02. The number of esters is 3. The summed E-state index contributed by atoms with van der Waals surface area (Å²) in [5.74, 6) is -3.15. The number of allylic oxidation sites excluding steroid dienone is 4. The summed E-state index contributed by atoms with van der Waals surface area (Å²) in [4.78, 5) is 109. The summed E-state index contributed by atoms with van der Waals surface area (Å²) in [6.45, 7) is 14.5. The van der Waals surface area contributed by atoms with E-state index in [9.17, 15) is 38.7 Å². The van der Waals surface area contributed by atoms with Gasteiger partial charge in [0.15, 0.2) is 34.6 Å². The molecule has 3 aromatic heterocycles. The van der Waals surface area contributed by atoms with Crippen molar-refractivity contribution in [1.82, 2.24) is 30.6 Å². The number of phenolic OH excluding ortho intramolecular Hbond substituents is 1. The van der Waals surface area contributed by atoms with E-state index in [1.807, 2.05) is 52.0 Å². The van der Waals surface area contributed by atoms with Crippen molar-refractivity contribution in [3.05, 3.63) is 135 Å². The zero-order valence-corrected chi connectivity index (χ0v) is 49.0. The number of benzene rings is 2. The Morgan fingerprint density at radius 1 is 0.702 bits per heavy atom. The number of methoxy groups -OCH3 is 4. The van der Waals surface area contributed by atoms with Crippen LogP contribution in [0.4, 0.5) is 0 Å². The number of ether oxygens (including phenoxy) is 5. The number of nitrogens with zero attached hydrogens (tertiary/aromatic N) is 2. The fourth-order valence-electron chi connectivity index (χ4n) is 10.3. The van der Waals surface area contributed by atoms with Gasteiger partial charge in [0.2, 0.25) is 5.91 Å². The lowest BCUT2D eigenvalue weighted by Crippen LogP contribution is -2.30. The summed E-state index contributed by atoms with van der Waals surface area (Å²) in [6, 6.07) is 15.2. The van der Waals surface area contributed by atoms with Crippen LogP contribution in [0.5, 0.6) is 23.0 Å². The quantitative estimate of drug-likeness (QED) is 0.0120. The van der Waals surface area contributed by atoms with Crippen LogP contribution in [0.15, 0.2) is 73.3 Å². The Hall–Kier alpha value is -9.39. The van der Waals surface area contributed by atoms with Crippen LogP contribution in [0, 0.1) is 13.8 Å². The molecule has 7 rings (SSSR count). The average molecular weight is 1150 g/mol. The molecular formula is C65H72N6O13. The Bertz CT molecular complexity index is 3680. The number of amides is 2. The second-order valence-corrected chi connectivity index (χ2v) is 20.4. The largest absolute Gasteiger partial charge is 0.504 e. The molecule has 2 aliphatic rings. The number of phenols is 1. The Morgan fingerprint density at radius 2 is 1.36 bits per heavy atom. The first kappa shape index (κ1) is 62.2. The molecular weight excluding hydrogens is 1070 g/mol. The van der Waals surface area contributed by atoms with Crippen LogP contribution < -0.4 is 24.8 Å². The lowest BCUT2D eigenvalue weighted by atomic mass is 9.85. The van der Waals surface area contributed by atoms with Crippen LogP contribution in [0.1, 0.15) is 150 Å². The van der Waals surface area contributed by atoms with E-state index in [0.717, 1.165) is 39.0 Å². The second kappa shape index (κ2) is 28.5. The molecule has 84 heavy (non-hydrogen) atoms. The smallest absolute Gasteiger partial charge is 0.311 e. The maximum Gasteiger partial charge on any atom is 0.311 e.